The predicted molar refractivity (Wildman–Crippen MR) is 59.2 cm³/mol. The van der Waals surface area contributed by atoms with Crippen molar-refractivity contribution in [1.82, 2.24) is 9.78 Å². The van der Waals surface area contributed by atoms with Crippen LogP contribution in [-0.2, 0) is 0 Å². The third-order valence-corrected chi connectivity index (χ3v) is 3.24. The van der Waals surface area contributed by atoms with E-state index in [0.717, 1.165) is 24.7 Å². The van der Waals surface area contributed by atoms with Gasteiger partial charge in [0.15, 0.2) is 6.29 Å². The van der Waals surface area contributed by atoms with Crippen molar-refractivity contribution in [1.29, 1.82) is 0 Å². The molecular formula is C12H18N2O. The minimum atomic E-state index is 0.453. The summed E-state index contributed by atoms with van der Waals surface area (Å²) < 4.78 is 2.08. The summed E-state index contributed by atoms with van der Waals surface area (Å²) in [6.45, 7) is 4.35. The Morgan fingerprint density at radius 2 is 2.20 bits per heavy atom. The van der Waals surface area contributed by atoms with Gasteiger partial charge in [-0.3, -0.25) is 9.48 Å². The van der Waals surface area contributed by atoms with Crippen LogP contribution in [0.3, 0.4) is 0 Å². The topological polar surface area (TPSA) is 34.9 Å². The highest BCUT2D eigenvalue weighted by atomic mass is 16.1. The summed E-state index contributed by atoms with van der Waals surface area (Å²) in [6, 6.07) is 0.453. The first-order valence-electron chi connectivity index (χ1n) is 5.84. The van der Waals surface area contributed by atoms with Crippen molar-refractivity contribution in [2.75, 3.05) is 0 Å². The van der Waals surface area contributed by atoms with Gasteiger partial charge in [0.25, 0.3) is 0 Å². The van der Waals surface area contributed by atoms with Gasteiger partial charge in [0.05, 0.1) is 23.5 Å². The minimum Gasteiger partial charge on any atom is -0.298 e. The SMILES string of the molecule is CCC(CC)n1ncc(C=O)c1C1CC1. The molecule has 1 aliphatic carbocycles. The van der Waals surface area contributed by atoms with Crippen LogP contribution in [0.1, 0.15) is 67.5 Å². The molecule has 1 saturated carbocycles. The van der Waals surface area contributed by atoms with E-state index in [1.807, 2.05) is 0 Å². The molecule has 1 aromatic heterocycles. The second kappa shape index (κ2) is 4.17. The minimum absolute atomic E-state index is 0.453. The van der Waals surface area contributed by atoms with Crippen LogP contribution in [0, 0.1) is 0 Å². The number of carbonyl (C=O) groups is 1. The fourth-order valence-electron chi connectivity index (χ4n) is 2.18. The zero-order chi connectivity index (χ0) is 10.8. The molecule has 1 fully saturated rings. The molecule has 0 atom stereocenters. The molecule has 1 aromatic rings. The van der Waals surface area contributed by atoms with Gasteiger partial charge in [-0.1, -0.05) is 13.8 Å². The van der Waals surface area contributed by atoms with Gasteiger partial charge in [0, 0.05) is 5.92 Å². The molecule has 0 aliphatic heterocycles. The molecule has 0 amide bonds. The van der Waals surface area contributed by atoms with Crippen LogP contribution in [0.4, 0.5) is 0 Å². The van der Waals surface area contributed by atoms with E-state index in [1.165, 1.54) is 18.5 Å². The van der Waals surface area contributed by atoms with Crippen molar-refractivity contribution in [3.8, 4) is 0 Å². The lowest BCUT2D eigenvalue weighted by Crippen LogP contribution is -2.12. The quantitative estimate of drug-likeness (QED) is 0.694. The molecular weight excluding hydrogens is 188 g/mol. The molecule has 0 spiro atoms. The average Bonchev–Trinajstić information content (AvgIpc) is 3.01. The van der Waals surface area contributed by atoms with E-state index in [9.17, 15) is 4.79 Å². The normalized spacial score (nSPS) is 15.9. The Morgan fingerprint density at radius 1 is 1.53 bits per heavy atom. The Kier molecular flexibility index (Phi) is 2.89. The number of hydrogen-bond acceptors (Lipinski definition) is 2. The Bertz CT molecular complexity index is 349. The number of hydrogen-bond donors (Lipinski definition) is 0. The maximum absolute atomic E-state index is 10.9. The molecule has 0 aromatic carbocycles. The first kappa shape index (κ1) is 10.4. The Hall–Kier alpha value is -1.12. The summed E-state index contributed by atoms with van der Waals surface area (Å²) in [5.74, 6) is 0.591. The Balaban J connectivity index is 2.37. The lowest BCUT2D eigenvalue weighted by atomic mass is 10.1. The molecule has 15 heavy (non-hydrogen) atoms. The van der Waals surface area contributed by atoms with Crippen molar-refractivity contribution < 1.29 is 4.79 Å². The van der Waals surface area contributed by atoms with Gasteiger partial charge in [-0.15, -0.1) is 0 Å². The monoisotopic (exact) mass is 206 g/mol. The molecule has 0 bridgehead atoms. The lowest BCUT2D eigenvalue weighted by Gasteiger charge is -2.16. The molecule has 0 N–H and O–H groups in total. The summed E-state index contributed by atoms with van der Waals surface area (Å²) in [5.41, 5.74) is 1.98. The molecule has 2 rings (SSSR count). The molecule has 3 nitrogen and oxygen atoms in total. The van der Waals surface area contributed by atoms with Crippen molar-refractivity contribution in [3.63, 3.8) is 0 Å². The summed E-state index contributed by atoms with van der Waals surface area (Å²) in [6.07, 6.45) is 7.25. The second-order valence-corrected chi connectivity index (χ2v) is 4.29. The predicted octanol–water partition coefficient (Wildman–Crippen LogP) is 2.93. The van der Waals surface area contributed by atoms with Crippen LogP contribution in [-0.4, -0.2) is 16.1 Å². The first-order valence-corrected chi connectivity index (χ1v) is 5.84. The number of rotatable bonds is 5. The van der Waals surface area contributed by atoms with E-state index in [4.69, 9.17) is 0 Å². The summed E-state index contributed by atoms with van der Waals surface area (Å²) in [7, 11) is 0. The highest BCUT2D eigenvalue weighted by Crippen LogP contribution is 2.42. The van der Waals surface area contributed by atoms with Gasteiger partial charge >= 0.3 is 0 Å². The molecule has 0 saturated heterocycles. The van der Waals surface area contributed by atoms with Crippen molar-refractivity contribution >= 4 is 6.29 Å². The van der Waals surface area contributed by atoms with Gasteiger partial charge in [-0.25, -0.2) is 0 Å². The van der Waals surface area contributed by atoms with Gasteiger partial charge < -0.3 is 0 Å². The standard InChI is InChI=1S/C12H18N2O/c1-3-11(4-2)14-12(9-5-6-9)10(8-15)7-13-14/h7-9,11H,3-6H2,1-2H3. The molecule has 0 unspecified atom stereocenters. The van der Waals surface area contributed by atoms with Crippen molar-refractivity contribution in [2.24, 2.45) is 0 Å². The zero-order valence-corrected chi connectivity index (χ0v) is 9.44. The fourth-order valence-corrected chi connectivity index (χ4v) is 2.18. The molecule has 1 aliphatic rings. The smallest absolute Gasteiger partial charge is 0.153 e. The average molecular weight is 206 g/mol. The summed E-state index contributed by atoms with van der Waals surface area (Å²) >= 11 is 0. The van der Waals surface area contributed by atoms with Crippen molar-refractivity contribution in [3.05, 3.63) is 17.5 Å². The fraction of sp³-hybridized carbons (Fsp3) is 0.667. The Labute approximate surface area is 90.5 Å². The van der Waals surface area contributed by atoms with E-state index < -0.39 is 0 Å². The molecule has 1 heterocycles. The number of aldehydes is 1. The highest BCUT2D eigenvalue weighted by molar-refractivity contribution is 5.76. The number of nitrogens with zero attached hydrogens (tertiary/aromatic N) is 2. The largest absolute Gasteiger partial charge is 0.298 e. The Morgan fingerprint density at radius 3 is 2.67 bits per heavy atom. The zero-order valence-electron chi connectivity index (χ0n) is 9.44. The van der Waals surface area contributed by atoms with Gasteiger partial charge in [-0.2, -0.15) is 5.10 Å². The maximum Gasteiger partial charge on any atom is 0.153 e. The van der Waals surface area contributed by atoms with E-state index in [2.05, 4.69) is 23.6 Å². The molecule has 3 heteroatoms. The van der Waals surface area contributed by atoms with Crippen LogP contribution < -0.4 is 0 Å². The van der Waals surface area contributed by atoms with E-state index in [-0.39, 0.29) is 0 Å². The molecule has 0 radical (unpaired) electrons. The van der Waals surface area contributed by atoms with Crippen LogP contribution in [0.5, 0.6) is 0 Å². The van der Waals surface area contributed by atoms with E-state index in [1.54, 1.807) is 6.20 Å². The first-order chi connectivity index (χ1) is 7.31. The van der Waals surface area contributed by atoms with E-state index >= 15 is 0 Å². The number of aromatic nitrogens is 2. The van der Waals surface area contributed by atoms with E-state index in [0.29, 0.717) is 12.0 Å². The van der Waals surface area contributed by atoms with Gasteiger partial charge in [0.2, 0.25) is 0 Å². The number of carbonyl (C=O) groups excluding carboxylic acids is 1. The second-order valence-electron chi connectivity index (χ2n) is 4.29. The lowest BCUT2D eigenvalue weighted by molar-refractivity contribution is 0.112. The third kappa shape index (κ3) is 1.83. The summed E-state index contributed by atoms with van der Waals surface area (Å²) in [4.78, 5) is 10.9. The van der Waals surface area contributed by atoms with Crippen molar-refractivity contribution in [2.45, 2.75) is 51.5 Å². The maximum atomic E-state index is 10.9. The van der Waals surface area contributed by atoms with Crippen LogP contribution in [0.2, 0.25) is 0 Å². The van der Waals surface area contributed by atoms with Gasteiger partial charge in [0.1, 0.15) is 0 Å². The summed E-state index contributed by atoms with van der Waals surface area (Å²) in [5, 5.41) is 4.38. The molecule has 82 valence electrons. The van der Waals surface area contributed by atoms with Crippen LogP contribution in [0.25, 0.3) is 0 Å². The highest BCUT2D eigenvalue weighted by Gasteiger charge is 2.31. The van der Waals surface area contributed by atoms with Gasteiger partial charge in [-0.05, 0) is 25.7 Å². The van der Waals surface area contributed by atoms with Crippen LogP contribution in [0.15, 0.2) is 6.20 Å². The van der Waals surface area contributed by atoms with Crippen LogP contribution >= 0.6 is 0 Å². The third-order valence-electron chi connectivity index (χ3n) is 3.24.